The fourth-order valence-corrected chi connectivity index (χ4v) is 2.24. The van der Waals surface area contributed by atoms with Crippen LogP contribution in [0.4, 0.5) is 0 Å². The lowest BCUT2D eigenvalue weighted by atomic mass is 10.0. The molecule has 1 amide bonds. The molecular weight excluding hydrogens is 264 g/mol. The number of hydrogen-bond donors (Lipinski definition) is 1. The highest BCUT2D eigenvalue weighted by Gasteiger charge is 2.19. The van der Waals surface area contributed by atoms with Gasteiger partial charge in [0.2, 0.25) is 0 Å². The molecule has 1 rings (SSSR count). The first-order valence-corrected chi connectivity index (χ1v) is 7.81. The van der Waals surface area contributed by atoms with E-state index in [9.17, 15) is 4.79 Å². The Morgan fingerprint density at radius 1 is 1.29 bits per heavy atom. The van der Waals surface area contributed by atoms with E-state index in [2.05, 4.69) is 6.92 Å². The molecule has 2 atom stereocenters. The van der Waals surface area contributed by atoms with Crippen LogP contribution in [-0.2, 0) is 11.2 Å². The lowest BCUT2D eigenvalue weighted by molar-refractivity contribution is -0.137. The van der Waals surface area contributed by atoms with Gasteiger partial charge in [-0.1, -0.05) is 19.1 Å². The quantitative estimate of drug-likeness (QED) is 0.801. The van der Waals surface area contributed by atoms with Crippen molar-refractivity contribution in [3.63, 3.8) is 0 Å². The first kappa shape index (κ1) is 17.5. The van der Waals surface area contributed by atoms with Gasteiger partial charge in [0, 0.05) is 19.1 Å². The average Bonchev–Trinajstić information content (AvgIpc) is 2.48. The fraction of sp³-hybridized carbons (Fsp3) is 0.588. The molecule has 0 heterocycles. The molecule has 21 heavy (non-hydrogen) atoms. The summed E-state index contributed by atoms with van der Waals surface area (Å²) in [5, 5.41) is 0. The van der Waals surface area contributed by atoms with Gasteiger partial charge in [0.15, 0.2) is 6.10 Å². The second-order valence-electron chi connectivity index (χ2n) is 5.29. The van der Waals surface area contributed by atoms with Gasteiger partial charge >= 0.3 is 0 Å². The molecule has 0 aliphatic carbocycles. The van der Waals surface area contributed by atoms with E-state index in [0.717, 1.165) is 24.2 Å². The summed E-state index contributed by atoms with van der Waals surface area (Å²) in [4.78, 5) is 14.0. The first-order valence-electron chi connectivity index (χ1n) is 7.81. The zero-order chi connectivity index (χ0) is 15.8. The number of nitrogens with two attached hydrogens (primary N) is 1. The molecule has 0 aromatic heterocycles. The van der Waals surface area contributed by atoms with Crippen molar-refractivity contribution in [1.29, 1.82) is 0 Å². The monoisotopic (exact) mass is 292 g/mol. The lowest BCUT2D eigenvalue weighted by Crippen LogP contribution is -2.40. The maximum absolute atomic E-state index is 12.2. The van der Waals surface area contributed by atoms with Gasteiger partial charge in [-0.25, -0.2) is 0 Å². The van der Waals surface area contributed by atoms with Crippen molar-refractivity contribution < 1.29 is 9.53 Å². The highest BCUT2D eigenvalue weighted by Crippen LogP contribution is 2.17. The van der Waals surface area contributed by atoms with Crippen LogP contribution in [-0.4, -0.2) is 36.0 Å². The Hall–Kier alpha value is -1.55. The standard InChI is InChI=1S/C17H28N2O2/c1-5-15(18)11-14-9-8-10-16(12-14)21-13(4)17(20)19(6-2)7-3/h8-10,12-13,15H,5-7,11,18H2,1-4H3. The molecule has 0 radical (unpaired) electrons. The topological polar surface area (TPSA) is 55.6 Å². The third kappa shape index (κ3) is 5.38. The smallest absolute Gasteiger partial charge is 0.263 e. The molecule has 0 fully saturated rings. The Kier molecular flexibility index (Phi) is 7.23. The second kappa shape index (κ2) is 8.67. The van der Waals surface area contributed by atoms with Gasteiger partial charge in [0.25, 0.3) is 5.91 Å². The molecule has 1 aromatic rings. The Morgan fingerprint density at radius 3 is 2.52 bits per heavy atom. The van der Waals surface area contributed by atoms with E-state index in [-0.39, 0.29) is 11.9 Å². The van der Waals surface area contributed by atoms with Crippen molar-refractivity contribution in [2.24, 2.45) is 5.73 Å². The summed E-state index contributed by atoms with van der Waals surface area (Å²) >= 11 is 0. The normalized spacial score (nSPS) is 13.6. The van der Waals surface area contributed by atoms with E-state index in [1.165, 1.54) is 0 Å². The summed E-state index contributed by atoms with van der Waals surface area (Å²) in [6.07, 6.45) is 1.30. The van der Waals surface area contributed by atoms with E-state index in [0.29, 0.717) is 13.1 Å². The highest BCUT2D eigenvalue weighted by molar-refractivity contribution is 5.80. The van der Waals surface area contributed by atoms with Gasteiger partial charge in [0.1, 0.15) is 5.75 Å². The van der Waals surface area contributed by atoms with Crippen molar-refractivity contribution in [1.82, 2.24) is 4.90 Å². The molecule has 4 heteroatoms. The van der Waals surface area contributed by atoms with Gasteiger partial charge in [-0.05, 0) is 51.3 Å². The number of benzene rings is 1. The summed E-state index contributed by atoms with van der Waals surface area (Å²) in [5.74, 6) is 0.750. The maximum Gasteiger partial charge on any atom is 0.263 e. The summed E-state index contributed by atoms with van der Waals surface area (Å²) in [7, 11) is 0. The number of carbonyl (C=O) groups is 1. The van der Waals surface area contributed by atoms with Gasteiger partial charge in [-0.3, -0.25) is 4.79 Å². The largest absolute Gasteiger partial charge is 0.481 e. The van der Waals surface area contributed by atoms with E-state index in [1.54, 1.807) is 11.8 Å². The molecule has 0 saturated carbocycles. The Bertz CT molecular complexity index is 444. The van der Waals surface area contributed by atoms with Crippen molar-refractivity contribution in [2.45, 2.75) is 52.7 Å². The van der Waals surface area contributed by atoms with Crippen LogP contribution in [0.25, 0.3) is 0 Å². The third-order valence-corrected chi connectivity index (χ3v) is 3.66. The van der Waals surface area contributed by atoms with Gasteiger partial charge in [-0.15, -0.1) is 0 Å². The molecule has 4 nitrogen and oxygen atoms in total. The number of rotatable bonds is 8. The Morgan fingerprint density at radius 2 is 1.95 bits per heavy atom. The molecule has 2 unspecified atom stereocenters. The van der Waals surface area contributed by atoms with Crippen molar-refractivity contribution >= 4 is 5.91 Å². The first-order chi connectivity index (χ1) is 10.0. The molecule has 0 saturated heterocycles. The molecule has 0 spiro atoms. The van der Waals surface area contributed by atoms with Crippen molar-refractivity contribution in [3.05, 3.63) is 29.8 Å². The molecule has 0 aliphatic rings. The number of hydrogen-bond acceptors (Lipinski definition) is 3. The summed E-state index contributed by atoms with van der Waals surface area (Å²) < 4.78 is 5.78. The van der Waals surface area contributed by atoms with Gasteiger partial charge in [-0.2, -0.15) is 0 Å². The molecule has 0 aliphatic heterocycles. The molecule has 1 aromatic carbocycles. The SMILES string of the molecule is CCC(N)Cc1cccc(OC(C)C(=O)N(CC)CC)c1. The molecule has 2 N–H and O–H groups in total. The predicted octanol–water partition coefficient (Wildman–Crippen LogP) is 2.60. The van der Waals surface area contributed by atoms with Crippen LogP contribution in [0, 0.1) is 0 Å². The fourth-order valence-electron chi connectivity index (χ4n) is 2.24. The molecular formula is C17H28N2O2. The van der Waals surface area contributed by atoms with Crippen LogP contribution < -0.4 is 10.5 Å². The highest BCUT2D eigenvalue weighted by atomic mass is 16.5. The predicted molar refractivity (Wildman–Crippen MR) is 86.4 cm³/mol. The minimum absolute atomic E-state index is 0.0238. The Labute approximate surface area is 128 Å². The Balaban J connectivity index is 2.70. The van der Waals surface area contributed by atoms with Crippen LogP contribution in [0.15, 0.2) is 24.3 Å². The van der Waals surface area contributed by atoms with E-state index in [4.69, 9.17) is 10.5 Å². The zero-order valence-corrected chi connectivity index (χ0v) is 13.6. The number of nitrogens with zero attached hydrogens (tertiary/aromatic N) is 1. The minimum Gasteiger partial charge on any atom is -0.481 e. The van der Waals surface area contributed by atoms with E-state index < -0.39 is 6.10 Å². The zero-order valence-electron chi connectivity index (χ0n) is 13.6. The number of carbonyl (C=O) groups excluding carboxylic acids is 1. The molecule has 118 valence electrons. The van der Waals surface area contributed by atoms with Crippen LogP contribution in [0.1, 0.15) is 39.7 Å². The van der Waals surface area contributed by atoms with Crippen LogP contribution >= 0.6 is 0 Å². The number of likely N-dealkylation sites (N-methyl/N-ethyl adjacent to an activating group) is 1. The van der Waals surface area contributed by atoms with E-state index >= 15 is 0 Å². The summed E-state index contributed by atoms with van der Waals surface area (Å²) in [5.41, 5.74) is 7.12. The second-order valence-corrected chi connectivity index (χ2v) is 5.29. The van der Waals surface area contributed by atoms with Gasteiger partial charge < -0.3 is 15.4 Å². The third-order valence-electron chi connectivity index (χ3n) is 3.66. The van der Waals surface area contributed by atoms with Crippen LogP contribution in [0.2, 0.25) is 0 Å². The van der Waals surface area contributed by atoms with Crippen LogP contribution in [0.5, 0.6) is 5.75 Å². The minimum atomic E-state index is -0.472. The van der Waals surface area contributed by atoms with E-state index in [1.807, 2.05) is 38.1 Å². The summed E-state index contributed by atoms with van der Waals surface area (Å²) in [6.45, 7) is 9.23. The average molecular weight is 292 g/mol. The van der Waals surface area contributed by atoms with Gasteiger partial charge in [0.05, 0.1) is 0 Å². The number of amides is 1. The maximum atomic E-state index is 12.2. The summed E-state index contributed by atoms with van der Waals surface area (Å²) in [6, 6.07) is 8.00. The lowest BCUT2D eigenvalue weighted by Gasteiger charge is -2.23. The van der Waals surface area contributed by atoms with Crippen LogP contribution in [0.3, 0.4) is 0 Å². The number of ether oxygens (including phenoxy) is 1. The van der Waals surface area contributed by atoms with Crippen molar-refractivity contribution in [2.75, 3.05) is 13.1 Å². The molecule has 0 bridgehead atoms. The van der Waals surface area contributed by atoms with Crippen molar-refractivity contribution in [3.8, 4) is 5.75 Å².